The van der Waals surface area contributed by atoms with Crippen molar-refractivity contribution in [3.8, 4) is 0 Å². The number of esters is 1. The first-order valence-corrected chi connectivity index (χ1v) is 7.26. The highest BCUT2D eigenvalue weighted by molar-refractivity contribution is 5.92. The van der Waals surface area contributed by atoms with Gasteiger partial charge in [0, 0.05) is 12.7 Å². The fourth-order valence-corrected chi connectivity index (χ4v) is 1.82. The molecule has 0 saturated carbocycles. The van der Waals surface area contributed by atoms with Crippen LogP contribution in [-0.2, 0) is 9.53 Å². The number of carbonyl (C=O) groups is 2. The molecule has 116 valence electrons. The standard InChI is InChI=1S/C15H23N3O3/c1-2-21-15(20)12(16)8-4-3-6-11-18-14(19)13-9-5-7-10-17-13/h5,7,9-10,12H,2-4,6,8,11,16H2,1H3,(H,18,19)/t12-/m1/s1. The summed E-state index contributed by atoms with van der Waals surface area (Å²) in [5.74, 6) is -0.514. The monoisotopic (exact) mass is 293 g/mol. The van der Waals surface area contributed by atoms with E-state index in [1.54, 1.807) is 31.3 Å². The number of ether oxygens (including phenoxy) is 1. The van der Waals surface area contributed by atoms with E-state index in [2.05, 4.69) is 10.3 Å². The summed E-state index contributed by atoms with van der Waals surface area (Å²) in [7, 11) is 0. The second-order valence-electron chi connectivity index (χ2n) is 4.68. The molecule has 1 amide bonds. The fourth-order valence-electron chi connectivity index (χ4n) is 1.82. The maximum Gasteiger partial charge on any atom is 0.322 e. The molecule has 1 aromatic rings. The lowest BCUT2D eigenvalue weighted by Gasteiger charge is -2.10. The van der Waals surface area contributed by atoms with Crippen LogP contribution in [0.3, 0.4) is 0 Å². The topological polar surface area (TPSA) is 94.3 Å². The molecule has 6 heteroatoms. The van der Waals surface area contributed by atoms with Gasteiger partial charge in [-0.3, -0.25) is 14.6 Å². The quantitative estimate of drug-likeness (QED) is 0.528. The van der Waals surface area contributed by atoms with E-state index >= 15 is 0 Å². The van der Waals surface area contributed by atoms with E-state index in [1.807, 2.05) is 0 Å². The van der Waals surface area contributed by atoms with Crippen LogP contribution in [0.2, 0.25) is 0 Å². The minimum Gasteiger partial charge on any atom is -0.465 e. The lowest BCUT2D eigenvalue weighted by Crippen LogP contribution is -2.32. The molecular weight excluding hydrogens is 270 g/mol. The Kier molecular flexibility index (Phi) is 8.04. The maximum absolute atomic E-state index is 11.7. The predicted octanol–water partition coefficient (Wildman–Crippen LogP) is 1.26. The number of hydrogen-bond acceptors (Lipinski definition) is 5. The molecule has 1 atom stereocenters. The Hall–Kier alpha value is -1.95. The van der Waals surface area contributed by atoms with Crippen molar-refractivity contribution in [3.05, 3.63) is 30.1 Å². The molecule has 0 saturated heterocycles. The van der Waals surface area contributed by atoms with Gasteiger partial charge in [0.2, 0.25) is 0 Å². The molecule has 0 aromatic carbocycles. The molecule has 0 spiro atoms. The van der Waals surface area contributed by atoms with Crippen molar-refractivity contribution in [2.24, 2.45) is 5.73 Å². The summed E-state index contributed by atoms with van der Waals surface area (Å²) in [6.07, 6.45) is 4.77. The number of hydrogen-bond donors (Lipinski definition) is 2. The average molecular weight is 293 g/mol. The van der Waals surface area contributed by atoms with Gasteiger partial charge in [0.15, 0.2) is 0 Å². The molecule has 6 nitrogen and oxygen atoms in total. The second-order valence-corrected chi connectivity index (χ2v) is 4.68. The number of rotatable bonds is 9. The van der Waals surface area contributed by atoms with Crippen molar-refractivity contribution in [2.45, 2.75) is 38.6 Å². The molecule has 0 unspecified atom stereocenters. The van der Waals surface area contributed by atoms with Crippen LogP contribution in [0.1, 0.15) is 43.1 Å². The molecule has 0 aliphatic rings. The molecular formula is C15H23N3O3. The van der Waals surface area contributed by atoms with Crippen LogP contribution >= 0.6 is 0 Å². The first-order valence-electron chi connectivity index (χ1n) is 7.26. The first-order chi connectivity index (χ1) is 10.1. The molecule has 21 heavy (non-hydrogen) atoms. The molecule has 0 radical (unpaired) electrons. The maximum atomic E-state index is 11.7. The minimum absolute atomic E-state index is 0.168. The fraction of sp³-hybridized carbons (Fsp3) is 0.533. The third-order valence-corrected chi connectivity index (χ3v) is 2.96. The molecule has 1 rings (SSSR count). The number of amides is 1. The van der Waals surface area contributed by atoms with E-state index in [1.165, 1.54) is 0 Å². The Morgan fingerprint density at radius 1 is 1.33 bits per heavy atom. The van der Waals surface area contributed by atoms with E-state index < -0.39 is 6.04 Å². The highest BCUT2D eigenvalue weighted by atomic mass is 16.5. The van der Waals surface area contributed by atoms with Crippen molar-refractivity contribution in [2.75, 3.05) is 13.2 Å². The van der Waals surface area contributed by atoms with Crippen molar-refractivity contribution in [1.82, 2.24) is 10.3 Å². The normalized spacial score (nSPS) is 11.7. The minimum atomic E-state index is -0.548. The van der Waals surface area contributed by atoms with Crippen LogP contribution in [0.5, 0.6) is 0 Å². The molecule has 1 aromatic heterocycles. The Morgan fingerprint density at radius 3 is 2.81 bits per heavy atom. The summed E-state index contributed by atoms with van der Waals surface area (Å²) in [4.78, 5) is 27.0. The van der Waals surface area contributed by atoms with E-state index in [0.29, 0.717) is 25.3 Å². The van der Waals surface area contributed by atoms with Gasteiger partial charge in [0.05, 0.1) is 6.61 Å². The molecule has 1 heterocycles. The summed E-state index contributed by atoms with van der Waals surface area (Å²) in [6, 6.07) is 4.67. The Balaban J connectivity index is 2.07. The highest BCUT2D eigenvalue weighted by Gasteiger charge is 2.13. The predicted molar refractivity (Wildman–Crippen MR) is 79.6 cm³/mol. The van der Waals surface area contributed by atoms with Crippen LogP contribution in [0.4, 0.5) is 0 Å². The van der Waals surface area contributed by atoms with Gasteiger partial charge in [-0.1, -0.05) is 18.9 Å². The third kappa shape index (κ3) is 6.85. The molecule has 0 bridgehead atoms. The zero-order valence-electron chi connectivity index (χ0n) is 12.4. The van der Waals surface area contributed by atoms with Crippen LogP contribution in [0, 0.1) is 0 Å². The number of unbranched alkanes of at least 4 members (excludes halogenated alkanes) is 2. The Bertz CT molecular complexity index is 437. The third-order valence-electron chi connectivity index (χ3n) is 2.96. The Labute approximate surface area is 125 Å². The number of pyridine rings is 1. The average Bonchev–Trinajstić information content (AvgIpc) is 2.51. The number of nitrogens with two attached hydrogens (primary N) is 1. The van der Waals surface area contributed by atoms with Crippen molar-refractivity contribution in [3.63, 3.8) is 0 Å². The van der Waals surface area contributed by atoms with Gasteiger partial charge in [-0.25, -0.2) is 0 Å². The van der Waals surface area contributed by atoms with Gasteiger partial charge in [0.1, 0.15) is 11.7 Å². The number of aromatic nitrogens is 1. The summed E-state index contributed by atoms with van der Waals surface area (Å²) in [6.45, 7) is 2.70. The van der Waals surface area contributed by atoms with Crippen LogP contribution in [-0.4, -0.2) is 36.1 Å². The zero-order chi connectivity index (χ0) is 15.5. The molecule has 0 aliphatic carbocycles. The number of nitrogens with one attached hydrogen (secondary N) is 1. The number of nitrogens with zero attached hydrogens (tertiary/aromatic N) is 1. The lowest BCUT2D eigenvalue weighted by molar-refractivity contribution is -0.144. The van der Waals surface area contributed by atoms with Gasteiger partial charge in [-0.15, -0.1) is 0 Å². The summed E-state index contributed by atoms with van der Waals surface area (Å²) in [5.41, 5.74) is 6.11. The first kappa shape index (κ1) is 17.1. The largest absolute Gasteiger partial charge is 0.465 e. The number of carbonyl (C=O) groups excluding carboxylic acids is 2. The van der Waals surface area contributed by atoms with Gasteiger partial charge >= 0.3 is 5.97 Å². The smallest absolute Gasteiger partial charge is 0.322 e. The summed E-state index contributed by atoms with van der Waals surface area (Å²) < 4.78 is 4.83. The van der Waals surface area contributed by atoms with Crippen molar-refractivity contribution >= 4 is 11.9 Å². The van der Waals surface area contributed by atoms with Crippen LogP contribution in [0.25, 0.3) is 0 Å². The van der Waals surface area contributed by atoms with E-state index in [-0.39, 0.29) is 11.9 Å². The molecule has 3 N–H and O–H groups in total. The van der Waals surface area contributed by atoms with Gasteiger partial charge < -0.3 is 15.8 Å². The van der Waals surface area contributed by atoms with Gasteiger partial charge in [-0.05, 0) is 31.9 Å². The molecule has 0 fully saturated rings. The zero-order valence-corrected chi connectivity index (χ0v) is 12.4. The van der Waals surface area contributed by atoms with Crippen molar-refractivity contribution in [1.29, 1.82) is 0 Å². The van der Waals surface area contributed by atoms with Crippen LogP contribution < -0.4 is 11.1 Å². The SMILES string of the molecule is CCOC(=O)[C@H](N)CCCCCNC(=O)c1ccccn1. The van der Waals surface area contributed by atoms with Crippen LogP contribution in [0.15, 0.2) is 24.4 Å². The second kappa shape index (κ2) is 9.88. The summed E-state index contributed by atoms with van der Waals surface area (Å²) in [5, 5.41) is 2.81. The lowest BCUT2D eigenvalue weighted by atomic mass is 10.1. The van der Waals surface area contributed by atoms with Crippen molar-refractivity contribution < 1.29 is 14.3 Å². The van der Waals surface area contributed by atoms with E-state index in [9.17, 15) is 9.59 Å². The summed E-state index contributed by atoms with van der Waals surface area (Å²) >= 11 is 0. The van der Waals surface area contributed by atoms with Gasteiger partial charge in [-0.2, -0.15) is 0 Å². The highest BCUT2D eigenvalue weighted by Crippen LogP contribution is 2.03. The van der Waals surface area contributed by atoms with E-state index in [0.717, 1.165) is 19.3 Å². The van der Waals surface area contributed by atoms with E-state index in [4.69, 9.17) is 10.5 Å². The molecule has 0 aliphatic heterocycles. The van der Waals surface area contributed by atoms with Gasteiger partial charge in [0.25, 0.3) is 5.91 Å². The Morgan fingerprint density at radius 2 is 2.14 bits per heavy atom.